The van der Waals surface area contributed by atoms with E-state index in [2.05, 4.69) is 17.6 Å². The number of rotatable bonds is 2. The van der Waals surface area contributed by atoms with Gasteiger partial charge < -0.3 is 4.90 Å². The molecule has 0 aliphatic rings. The van der Waals surface area contributed by atoms with Crippen LogP contribution in [0.25, 0.3) is 0 Å². The van der Waals surface area contributed by atoms with Crippen molar-refractivity contribution < 1.29 is 0 Å². The van der Waals surface area contributed by atoms with Crippen LogP contribution in [0.4, 0.5) is 0 Å². The van der Waals surface area contributed by atoms with Gasteiger partial charge in [0, 0.05) is 19.8 Å². The average Bonchev–Trinajstić information content (AvgIpc) is 1.64. The molecule has 0 saturated heterocycles. The van der Waals surface area contributed by atoms with Crippen LogP contribution < -0.4 is 0 Å². The van der Waals surface area contributed by atoms with Crippen molar-refractivity contribution in [1.82, 2.24) is 4.90 Å². The molecular formula is C8H15N. The third kappa shape index (κ3) is 2.36. The van der Waals surface area contributed by atoms with Gasteiger partial charge in [0.1, 0.15) is 0 Å². The van der Waals surface area contributed by atoms with Crippen LogP contribution >= 0.6 is 0 Å². The molecule has 0 N–H and O–H groups in total. The molecular weight excluding hydrogens is 110 g/mol. The molecule has 0 spiro atoms. The highest BCUT2D eigenvalue weighted by Crippen LogP contribution is 2.07. The molecule has 0 aromatic carbocycles. The average molecular weight is 125 g/mol. The minimum absolute atomic E-state index is 1.11. The Bertz CT molecular complexity index is 132. The van der Waals surface area contributed by atoms with Gasteiger partial charge in [-0.15, -0.1) is 0 Å². The van der Waals surface area contributed by atoms with E-state index >= 15 is 0 Å². The van der Waals surface area contributed by atoms with Crippen molar-refractivity contribution in [2.24, 2.45) is 0 Å². The van der Waals surface area contributed by atoms with Crippen LogP contribution in [0.1, 0.15) is 13.8 Å². The second kappa shape index (κ2) is 3.33. The number of hydrogen-bond donors (Lipinski definition) is 0. The van der Waals surface area contributed by atoms with Crippen molar-refractivity contribution in [1.29, 1.82) is 0 Å². The smallest absolute Gasteiger partial charge is 0.0341 e. The molecule has 0 aromatic heterocycles. The maximum Gasteiger partial charge on any atom is 0.0341 e. The van der Waals surface area contributed by atoms with E-state index in [1.807, 2.05) is 27.9 Å². The van der Waals surface area contributed by atoms with E-state index in [0.29, 0.717) is 0 Å². The van der Waals surface area contributed by atoms with Gasteiger partial charge in [0.25, 0.3) is 0 Å². The topological polar surface area (TPSA) is 3.24 Å². The number of likely N-dealkylation sites (N-methyl/N-ethyl adjacent to an activating group) is 1. The SMILES string of the molecule is C=C(C)/C(=C\C)N(C)C. The third-order valence-corrected chi connectivity index (χ3v) is 1.19. The summed E-state index contributed by atoms with van der Waals surface area (Å²) in [5.41, 5.74) is 2.32. The fourth-order valence-corrected chi connectivity index (χ4v) is 0.886. The number of nitrogens with zero attached hydrogens (tertiary/aromatic N) is 1. The molecule has 0 radical (unpaired) electrons. The predicted molar refractivity (Wildman–Crippen MR) is 42.3 cm³/mol. The largest absolute Gasteiger partial charge is 0.378 e. The molecule has 1 nitrogen and oxygen atoms in total. The number of hydrogen-bond acceptors (Lipinski definition) is 1. The molecule has 52 valence electrons. The standard InChI is InChI=1S/C8H15N/c1-6-8(7(2)3)9(4)5/h6H,2H2,1,3-5H3/b8-6+. The van der Waals surface area contributed by atoms with Crippen LogP contribution in [-0.2, 0) is 0 Å². The molecule has 0 fully saturated rings. The van der Waals surface area contributed by atoms with Gasteiger partial charge >= 0.3 is 0 Å². The van der Waals surface area contributed by atoms with Crippen LogP contribution in [0, 0.1) is 0 Å². The lowest BCUT2D eigenvalue weighted by Gasteiger charge is -2.16. The van der Waals surface area contributed by atoms with Crippen LogP contribution in [0.5, 0.6) is 0 Å². The normalized spacial score (nSPS) is 11.3. The summed E-state index contributed by atoms with van der Waals surface area (Å²) >= 11 is 0. The summed E-state index contributed by atoms with van der Waals surface area (Å²) in [6, 6.07) is 0. The molecule has 0 aliphatic heterocycles. The van der Waals surface area contributed by atoms with Gasteiger partial charge in [-0.25, -0.2) is 0 Å². The Balaban J connectivity index is 4.19. The van der Waals surface area contributed by atoms with Crippen molar-refractivity contribution in [3.05, 3.63) is 23.9 Å². The van der Waals surface area contributed by atoms with E-state index in [0.717, 1.165) is 5.57 Å². The lowest BCUT2D eigenvalue weighted by molar-refractivity contribution is 0.521. The Morgan fingerprint density at radius 3 is 1.89 bits per heavy atom. The second-order valence-corrected chi connectivity index (χ2v) is 2.35. The zero-order valence-electron chi connectivity index (χ0n) is 6.73. The Kier molecular flexibility index (Phi) is 3.07. The fourth-order valence-electron chi connectivity index (χ4n) is 0.886. The highest BCUT2D eigenvalue weighted by molar-refractivity contribution is 5.23. The molecule has 9 heavy (non-hydrogen) atoms. The van der Waals surface area contributed by atoms with Gasteiger partial charge in [-0.2, -0.15) is 0 Å². The van der Waals surface area contributed by atoms with E-state index in [1.54, 1.807) is 0 Å². The summed E-state index contributed by atoms with van der Waals surface area (Å²) in [7, 11) is 4.04. The van der Waals surface area contributed by atoms with E-state index in [1.165, 1.54) is 5.70 Å². The van der Waals surface area contributed by atoms with Crippen molar-refractivity contribution in [2.75, 3.05) is 14.1 Å². The molecule has 0 saturated carbocycles. The van der Waals surface area contributed by atoms with Crippen molar-refractivity contribution in [3.8, 4) is 0 Å². The molecule has 0 unspecified atom stereocenters. The zero-order valence-corrected chi connectivity index (χ0v) is 6.73. The Morgan fingerprint density at radius 2 is 1.89 bits per heavy atom. The lowest BCUT2D eigenvalue weighted by Crippen LogP contribution is -2.10. The predicted octanol–water partition coefficient (Wildman–Crippen LogP) is 2.03. The third-order valence-electron chi connectivity index (χ3n) is 1.19. The first-order valence-corrected chi connectivity index (χ1v) is 3.09. The summed E-state index contributed by atoms with van der Waals surface area (Å²) in [5.74, 6) is 0. The molecule has 0 atom stereocenters. The molecule has 0 amide bonds. The molecule has 1 heteroatoms. The minimum atomic E-state index is 1.11. The second-order valence-electron chi connectivity index (χ2n) is 2.35. The van der Waals surface area contributed by atoms with Gasteiger partial charge in [-0.1, -0.05) is 12.7 Å². The molecule has 0 heterocycles. The van der Waals surface area contributed by atoms with Crippen LogP contribution in [0.15, 0.2) is 23.9 Å². The van der Waals surface area contributed by atoms with Crippen molar-refractivity contribution in [3.63, 3.8) is 0 Å². The van der Waals surface area contributed by atoms with E-state index in [4.69, 9.17) is 0 Å². The van der Waals surface area contributed by atoms with Gasteiger partial charge in [-0.3, -0.25) is 0 Å². The zero-order chi connectivity index (χ0) is 7.44. The number of allylic oxidation sites excluding steroid dienone is 2. The Hall–Kier alpha value is -0.720. The monoisotopic (exact) mass is 125 g/mol. The van der Waals surface area contributed by atoms with Crippen LogP contribution in [-0.4, -0.2) is 19.0 Å². The first-order chi connectivity index (χ1) is 4.09. The van der Waals surface area contributed by atoms with Crippen molar-refractivity contribution in [2.45, 2.75) is 13.8 Å². The summed E-state index contributed by atoms with van der Waals surface area (Å²) in [6.07, 6.45) is 2.06. The lowest BCUT2D eigenvalue weighted by atomic mass is 10.2. The van der Waals surface area contributed by atoms with Gasteiger partial charge in [0.15, 0.2) is 0 Å². The Labute approximate surface area is 57.7 Å². The first-order valence-electron chi connectivity index (χ1n) is 3.09. The van der Waals surface area contributed by atoms with E-state index < -0.39 is 0 Å². The van der Waals surface area contributed by atoms with Gasteiger partial charge in [0.05, 0.1) is 0 Å². The summed E-state index contributed by atoms with van der Waals surface area (Å²) in [5, 5.41) is 0. The van der Waals surface area contributed by atoms with Gasteiger partial charge in [0.2, 0.25) is 0 Å². The molecule has 0 aliphatic carbocycles. The van der Waals surface area contributed by atoms with Crippen LogP contribution in [0.3, 0.4) is 0 Å². The highest BCUT2D eigenvalue weighted by atomic mass is 15.1. The van der Waals surface area contributed by atoms with E-state index in [9.17, 15) is 0 Å². The quantitative estimate of drug-likeness (QED) is 0.510. The van der Waals surface area contributed by atoms with Crippen LogP contribution in [0.2, 0.25) is 0 Å². The summed E-state index contributed by atoms with van der Waals surface area (Å²) in [4.78, 5) is 2.06. The highest BCUT2D eigenvalue weighted by Gasteiger charge is 1.95. The first kappa shape index (κ1) is 8.28. The summed E-state index contributed by atoms with van der Waals surface area (Å²) < 4.78 is 0. The maximum absolute atomic E-state index is 3.84. The van der Waals surface area contributed by atoms with E-state index in [-0.39, 0.29) is 0 Å². The van der Waals surface area contributed by atoms with Gasteiger partial charge in [-0.05, 0) is 19.4 Å². The van der Waals surface area contributed by atoms with Crippen molar-refractivity contribution >= 4 is 0 Å². The molecule has 0 aromatic rings. The maximum atomic E-state index is 3.84. The minimum Gasteiger partial charge on any atom is -0.378 e. The summed E-state index contributed by atoms with van der Waals surface area (Å²) in [6.45, 7) is 7.86. The Morgan fingerprint density at radius 1 is 1.44 bits per heavy atom. The fraction of sp³-hybridized carbons (Fsp3) is 0.500. The molecule has 0 rings (SSSR count). The molecule has 0 bridgehead atoms.